The number of amides is 2. The fraction of sp³-hybridized carbons (Fsp3) is 0.467. The van der Waals surface area contributed by atoms with Crippen LogP contribution < -0.4 is 4.90 Å². The van der Waals surface area contributed by atoms with Crippen LogP contribution in [0.5, 0.6) is 0 Å². The van der Waals surface area contributed by atoms with Crippen LogP contribution in [-0.2, 0) is 14.4 Å². The average Bonchev–Trinajstić information content (AvgIpc) is 2.97. The third-order valence-electron chi connectivity index (χ3n) is 4.16. The van der Waals surface area contributed by atoms with Crippen LogP contribution in [-0.4, -0.2) is 41.5 Å². The van der Waals surface area contributed by atoms with Crippen molar-refractivity contribution >= 4 is 23.2 Å². The van der Waals surface area contributed by atoms with Crippen LogP contribution in [0.2, 0.25) is 0 Å². The highest BCUT2D eigenvalue weighted by Crippen LogP contribution is 2.30. The van der Waals surface area contributed by atoms with Gasteiger partial charge < -0.3 is 4.90 Å². The normalized spacial score (nSPS) is 21.2. The number of halogens is 1. The SMILES string of the molecule is O=C([C@@H]1CC(=O)N(c2ccc(F)c([N+](=O)[O-])c2)C1)N1CCCCO1. The Labute approximate surface area is 136 Å². The van der Waals surface area contributed by atoms with Crippen LogP contribution in [0.15, 0.2) is 18.2 Å². The van der Waals surface area contributed by atoms with Crippen LogP contribution >= 0.6 is 0 Å². The molecule has 0 aromatic heterocycles. The van der Waals surface area contributed by atoms with Gasteiger partial charge in [0.1, 0.15) is 0 Å². The van der Waals surface area contributed by atoms with E-state index in [0.29, 0.717) is 13.2 Å². The summed E-state index contributed by atoms with van der Waals surface area (Å²) >= 11 is 0. The Morgan fingerprint density at radius 1 is 1.38 bits per heavy atom. The summed E-state index contributed by atoms with van der Waals surface area (Å²) < 4.78 is 13.4. The number of nitro benzene ring substituents is 1. The number of benzene rings is 1. The quantitative estimate of drug-likeness (QED) is 0.617. The molecule has 1 aromatic carbocycles. The molecule has 0 bridgehead atoms. The van der Waals surface area contributed by atoms with E-state index in [1.54, 1.807) is 0 Å². The lowest BCUT2D eigenvalue weighted by Gasteiger charge is -2.28. The van der Waals surface area contributed by atoms with Crippen molar-refractivity contribution in [2.75, 3.05) is 24.6 Å². The zero-order valence-electron chi connectivity index (χ0n) is 12.8. The highest BCUT2D eigenvalue weighted by molar-refractivity contribution is 6.00. The van der Waals surface area contributed by atoms with Gasteiger partial charge in [-0.3, -0.25) is 24.5 Å². The first-order chi connectivity index (χ1) is 11.5. The van der Waals surface area contributed by atoms with E-state index in [-0.39, 0.29) is 30.5 Å². The molecule has 128 valence electrons. The lowest BCUT2D eigenvalue weighted by molar-refractivity contribution is -0.387. The molecule has 24 heavy (non-hydrogen) atoms. The van der Waals surface area contributed by atoms with Gasteiger partial charge in [0.05, 0.1) is 23.1 Å². The standard InChI is InChI=1S/C15H16FN3O5/c16-12-4-3-11(8-13(12)19(22)23)17-9-10(7-14(17)20)15(21)18-5-1-2-6-24-18/h3-4,8,10H,1-2,5-7,9H2/t10-/m1/s1. The largest absolute Gasteiger partial charge is 0.311 e. The molecule has 0 radical (unpaired) electrons. The molecule has 2 heterocycles. The van der Waals surface area contributed by atoms with E-state index in [1.807, 2.05) is 0 Å². The van der Waals surface area contributed by atoms with E-state index < -0.39 is 22.3 Å². The van der Waals surface area contributed by atoms with Crippen molar-refractivity contribution in [2.45, 2.75) is 19.3 Å². The van der Waals surface area contributed by atoms with Crippen molar-refractivity contribution in [3.63, 3.8) is 0 Å². The van der Waals surface area contributed by atoms with E-state index in [0.717, 1.165) is 25.0 Å². The van der Waals surface area contributed by atoms with Gasteiger partial charge >= 0.3 is 5.69 Å². The van der Waals surface area contributed by atoms with Gasteiger partial charge in [0.25, 0.3) is 5.91 Å². The molecule has 8 nitrogen and oxygen atoms in total. The van der Waals surface area contributed by atoms with Crippen LogP contribution in [0.3, 0.4) is 0 Å². The molecule has 0 saturated carbocycles. The number of nitro groups is 1. The van der Waals surface area contributed by atoms with Crippen molar-refractivity contribution in [1.29, 1.82) is 0 Å². The van der Waals surface area contributed by atoms with Crippen molar-refractivity contribution in [3.05, 3.63) is 34.1 Å². The first-order valence-electron chi connectivity index (χ1n) is 7.66. The summed E-state index contributed by atoms with van der Waals surface area (Å²) in [7, 11) is 0. The van der Waals surface area contributed by atoms with Gasteiger partial charge in [-0.15, -0.1) is 0 Å². The Bertz CT molecular complexity index is 690. The Balaban J connectivity index is 1.76. The van der Waals surface area contributed by atoms with Gasteiger partial charge in [0.2, 0.25) is 11.7 Å². The van der Waals surface area contributed by atoms with Crippen molar-refractivity contribution in [1.82, 2.24) is 5.06 Å². The summed E-state index contributed by atoms with van der Waals surface area (Å²) in [6.07, 6.45) is 1.74. The Hall–Kier alpha value is -2.55. The molecule has 0 N–H and O–H groups in total. The summed E-state index contributed by atoms with van der Waals surface area (Å²) in [4.78, 5) is 41.2. The van der Waals surface area contributed by atoms with Crippen LogP contribution in [0.25, 0.3) is 0 Å². The van der Waals surface area contributed by atoms with Gasteiger partial charge in [-0.25, -0.2) is 5.06 Å². The first kappa shape index (κ1) is 16.3. The highest BCUT2D eigenvalue weighted by atomic mass is 19.1. The predicted molar refractivity (Wildman–Crippen MR) is 80.4 cm³/mol. The van der Waals surface area contributed by atoms with E-state index in [4.69, 9.17) is 4.84 Å². The van der Waals surface area contributed by atoms with Gasteiger partial charge in [0.15, 0.2) is 0 Å². The number of anilines is 1. The van der Waals surface area contributed by atoms with Gasteiger partial charge in [0, 0.05) is 25.6 Å². The van der Waals surface area contributed by atoms with Crippen molar-refractivity contribution < 1.29 is 23.7 Å². The Morgan fingerprint density at radius 3 is 2.83 bits per heavy atom. The fourth-order valence-corrected chi connectivity index (χ4v) is 2.91. The molecule has 1 atom stereocenters. The maximum absolute atomic E-state index is 13.4. The molecule has 2 aliphatic heterocycles. The van der Waals surface area contributed by atoms with E-state index >= 15 is 0 Å². The molecule has 0 spiro atoms. The molecule has 1 aromatic rings. The molecule has 2 saturated heterocycles. The minimum atomic E-state index is -0.968. The maximum Gasteiger partial charge on any atom is 0.306 e. The second-order valence-electron chi connectivity index (χ2n) is 5.78. The highest BCUT2D eigenvalue weighted by Gasteiger charge is 2.38. The predicted octanol–water partition coefficient (Wildman–Crippen LogP) is 1.64. The monoisotopic (exact) mass is 337 g/mol. The lowest BCUT2D eigenvalue weighted by Crippen LogP contribution is -2.40. The molecule has 3 rings (SSSR count). The number of hydroxylamine groups is 2. The lowest BCUT2D eigenvalue weighted by atomic mass is 10.1. The van der Waals surface area contributed by atoms with E-state index in [2.05, 4.69) is 0 Å². The van der Waals surface area contributed by atoms with Crippen LogP contribution in [0.1, 0.15) is 19.3 Å². The molecular formula is C15H16FN3O5. The number of carbonyl (C=O) groups is 2. The molecule has 2 aliphatic rings. The van der Waals surface area contributed by atoms with Gasteiger partial charge in [-0.1, -0.05) is 0 Å². The number of carbonyl (C=O) groups excluding carboxylic acids is 2. The summed E-state index contributed by atoms with van der Waals surface area (Å²) in [5.41, 5.74) is -0.489. The molecule has 2 amide bonds. The molecule has 2 fully saturated rings. The van der Waals surface area contributed by atoms with Crippen LogP contribution in [0, 0.1) is 21.8 Å². The third kappa shape index (κ3) is 3.07. The zero-order valence-corrected chi connectivity index (χ0v) is 12.8. The van der Waals surface area contributed by atoms with Crippen LogP contribution in [0.4, 0.5) is 15.8 Å². The summed E-state index contributed by atoms with van der Waals surface area (Å²) in [6, 6.07) is 3.26. The van der Waals surface area contributed by atoms with E-state index in [1.165, 1.54) is 16.0 Å². The summed E-state index contributed by atoms with van der Waals surface area (Å²) in [5.74, 6) is -2.13. The van der Waals surface area contributed by atoms with Gasteiger partial charge in [-0.2, -0.15) is 4.39 Å². The number of hydrogen-bond acceptors (Lipinski definition) is 5. The smallest absolute Gasteiger partial charge is 0.306 e. The average molecular weight is 337 g/mol. The third-order valence-corrected chi connectivity index (χ3v) is 4.16. The minimum absolute atomic E-state index is 0.00384. The molecule has 0 aliphatic carbocycles. The van der Waals surface area contributed by atoms with Gasteiger partial charge in [-0.05, 0) is 25.0 Å². The van der Waals surface area contributed by atoms with Crippen molar-refractivity contribution in [2.24, 2.45) is 5.92 Å². The summed E-state index contributed by atoms with van der Waals surface area (Å²) in [5, 5.41) is 12.1. The number of hydrogen-bond donors (Lipinski definition) is 0. The number of rotatable bonds is 3. The fourth-order valence-electron chi connectivity index (χ4n) is 2.91. The maximum atomic E-state index is 13.4. The number of nitrogens with zero attached hydrogens (tertiary/aromatic N) is 3. The topological polar surface area (TPSA) is 93.0 Å². The Morgan fingerprint density at radius 2 is 2.17 bits per heavy atom. The zero-order chi connectivity index (χ0) is 17.3. The Kier molecular flexibility index (Phi) is 4.43. The second kappa shape index (κ2) is 6.52. The molecule has 9 heteroatoms. The van der Waals surface area contributed by atoms with Crippen molar-refractivity contribution in [3.8, 4) is 0 Å². The minimum Gasteiger partial charge on any atom is -0.311 e. The molecular weight excluding hydrogens is 321 g/mol. The first-order valence-corrected chi connectivity index (χ1v) is 7.66. The van der Waals surface area contributed by atoms with E-state index in [9.17, 15) is 24.1 Å². The second-order valence-corrected chi connectivity index (χ2v) is 5.78. The molecule has 0 unspecified atom stereocenters. The summed E-state index contributed by atoms with van der Waals surface area (Å²) in [6.45, 7) is 1.06.